The molecule has 0 saturated carbocycles. The van der Waals surface area contributed by atoms with Crippen molar-refractivity contribution in [3.8, 4) is 17.6 Å². The van der Waals surface area contributed by atoms with Crippen LogP contribution < -0.4 is 4.74 Å². The lowest BCUT2D eigenvalue weighted by atomic mass is 10.2. The van der Waals surface area contributed by atoms with E-state index < -0.39 is 0 Å². The number of benzene rings is 1. The van der Waals surface area contributed by atoms with Gasteiger partial charge in [0, 0.05) is 0 Å². The molecule has 0 saturated heterocycles. The third-order valence-corrected chi connectivity index (χ3v) is 1.73. The fourth-order valence-corrected chi connectivity index (χ4v) is 1.05. The Morgan fingerprint density at radius 1 is 1.54 bits per heavy atom. The second-order valence-electron chi connectivity index (χ2n) is 2.28. The number of methoxy groups -OCH3 is 1. The zero-order chi connectivity index (χ0) is 9.68. The minimum atomic E-state index is -0.306. The Kier molecular flexibility index (Phi) is 3.78. The van der Waals surface area contributed by atoms with Gasteiger partial charge in [0.2, 0.25) is 0 Å². The van der Waals surface area contributed by atoms with E-state index >= 15 is 0 Å². The lowest BCUT2D eigenvalue weighted by Crippen LogP contribution is -1.88. The van der Waals surface area contributed by atoms with Gasteiger partial charge in [-0.25, -0.2) is 4.39 Å². The van der Waals surface area contributed by atoms with Gasteiger partial charge < -0.3 is 4.74 Å². The van der Waals surface area contributed by atoms with Gasteiger partial charge in [-0.15, -0.1) is 0 Å². The normalized spacial score (nSPS) is 8.85. The highest BCUT2D eigenvalue weighted by Crippen LogP contribution is 2.17. The molecule has 13 heavy (non-hydrogen) atoms. The predicted molar refractivity (Wildman–Crippen MR) is 53.6 cm³/mol. The van der Waals surface area contributed by atoms with Crippen LogP contribution in [0, 0.1) is 17.7 Å². The molecule has 0 amide bonds. The molecule has 0 unspecified atom stereocenters. The van der Waals surface area contributed by atoms with Crippen molar-refractivity contribution in [1.82, 2.24) is 0 Å². The van der Waals surface area contributed by atoms with Crippen LogP contribution in [-0.4, -0.2) is 12.4 Å². The molecule has 3 heteroatoms. The van der Waals surface area contributed by atoms with Crippen molar-refractivity contribution in [1.29, 1.82) is 0 Å². The van der Waals surface area contributed by atoms with E-state index in [0.29, 0.717) is 16.6 Å². The van der Waals surface area contributed by atoms with Gasteiger partial charge >= 0.3 is 0 Å². The van der Waals surface area contributed by atoms with Crippen molar-refractivity contribution in [3.05, 3.63) is 29.6 Å². The second kappa shape index (κ2) is 4.88. The molecule has 0 aliphatic heterocycles. The fourth-order valence-electron chi connectivity index (χ4n) is 0.907. The summed E-state index contributed by atoms with van der Waals surface area (Å²) in [5, 5.41) is 0.562. The molecule has 1 aromatic rings. The van der Waals surface area contributed by atoms with Gasteiger partial charge in [0.05, 0.1) is 18.0 Å². The van der Waals surface area contributed by atoms with Gasteiger partial charge in [-0.3, -0.25) is 0 Å². The maximum atomic E-state index is 12.8. The molecule has 0 fully saturated rings. The Labute approximate surface area is 85.0 Å². The predicted octanol–water partition coefficient (Wildman–Crippen LogP) is 2.58. The van der Waals surface area contributed by atoms with Crippen LogP contribution in [0.1, 0.15) is 5.56 Å². The standard InChI is InChI=1S/C10H8BrFO/c1-13-10-5-4-9(12)7-8(10)3-2-6-11/h4-5,7H,6H2,1H3. The minimum absolute atomic E-state index is 0.306. The highest BCUT2D eigenvalue weighted by molar-refractivity contribution is 9.09. The van der Waals surface area contributed by atoms with Crippen molar-refractivity contribution in [3.63, 3.8) is 0 Å². The van der Waals surface area contributed by atoms with Crippen LogP contribution in [0.5, 0.6) is 5.75 Å². The first-order valence-corrected chi connectivity index (χ1v) is 4.78. The average molecular weight is 243 g/mol. The van der Waals surface area contributed by atoms with Crippen molar-refractivity contribution >= 4 is 15.9 Å². The molecule has 0 aliphatic carbocycles. The Morgan fingerprint density at radius 2 is 2.31 bits per heavy atom. The summed E-state index contributed by atoms with van der Waals surface area (Å²) in [5.41, 5.74) is 0.571. The highest BCUT2D eigenvalue weighted by atomic mass is 79.9. The van der Waals surface area contributed by atoms with Crippen molar-refractivity contribution in [2.24, 2.45) is 0 Å². The van der Waals surface area contributed by atoms with E-state index in [9.17, 15) is 4.39 Å². The first-order valence-electron chi connectivity index (χ1n) is 3.66. The number of alkyl halides is 1. The van der Waals surface area contributed by atoms with Crippen LogP contribution in [0.4, 0.5) is 4.39 Å². The Balaban J connectivity index is 3.08. The summed E-state index contributed by atoms with van der Waals surface area (Å²) >= 11 is 3.16. The van der Waals surface area contributed by atoms with Gasteiger partial charge in [-0.1, -0.05) is 27.8 Å². The Bertz CT molecular complexity index is 352. The van der Waals surface area contributed by atoms with E-state index in [2.05, 4.69) is 27.8 Å². The molecule has 0 spiro atoms. The number of hydrogen-bond donors (Lipinski definition) is 0. The van der Waals surface area contributed by atoms with Crippen molar-refractivity contribution < 1.29 is 9.13 Å². The second-order valence-corrected chi connectivity index (χ2v) is 2.84. The SMILES string of the molecule is COc1ccc(F)cc1C#CCBr. The maximum absolute atomic E-state index is 12.8. The van der Waals surface area contributed by atoms with E-state index in [4.69, 9.17) is 4.74 Å². The van der Waals surface area contributed by atoms with Gasteiger partial charge in [-0.05, 0) is 18.2 Å². The summed E-state index contributed by atoms with van der Waals surface area (Å²) in [7, 11) is 1.53. The van der Waals surface area contributed by atoms with Crippen LogP contribution in [0.2, 0.25) is 0 Å². The monoisotopic (exact) mass is 242 g/mol. The molecule has 0 radical (unpaired) electrons. The summed E-state index contributed by atoms with van der Waals surface area (Å²) in [6, 6.07) is 4.26. The van der Waals surface area contributed by atoms with Crippen LogP contribution in [0.3, 0.4) is 0 Å². The van der Waals surface area contributed by atoms with Crippen molar-refractivity contribution in [2.75, 3.05) is 12.4 Å². The quantitative estimate of drug-likeness (QED) is 0.544. The molecule has 1 aromatic carbocycles. The van der Waals surface area contributed by atoms with E-state index in [0.717, 1.165) is 0 Å². The molecule has 68 valence electrons. The van der Waals surface area contributed by atoms with Crippen LogP contribution >= 0.6 is 15.9 Å². The van der Waals surface area contributed by atoms with E-state index in [1.54, 1.807) is 6.07 Å². The summed E-state index contributed by atoms with van der Waals surface area (Å²) in [6.07, 6.45) is 0. The first-order chi connectivity index (χ1) is 6.27. The lowest BCUT2D eigenvalue weighted by Gasteiger charge is -2.01. The summed E-state index contributed by atoms with van der Waals surface area (Å²) < 4.78 is 17.8. The van der Waals surface area contributed by atoms with Gasteiger partial charge in [-0.2, -0.15) is 0 Å². The molecule has 1 nitrogen and oxygen atoms in total. The molecular weight excluding hydrogens is 235 g/mol. The van der Waals surface area contributed by atoms with Crippen LogP contribution in [0.25, 0.3) is 0 Å². The van der Waals surface area contributed by atoms with Crippen LogP contribution in [0.15, 0.2) is 18.2 Å². The van der Waals surface area contributed by atoms with E-state index in [1.807, 2.05) is 0 Å². The van der Waals surface area contributed by atoms with Gasteiger partial charge in [0.25, 0.3) is 0 Å². The highest BCUT2D eigenvalue weighted by Gasteiger charge is 2.00. The lowest BCUT2D eigenvalue weighted by molar-refractivity contribution is 0.412. The van der Waals surface area contributed by atoms with E-state index in [-0.39, 0.29) is 5.82 Å². The van der Waals surface area contributed by atoms with E-state index in [1.165, 1.54) is 19.2 Å². The molecule has 0 aliphatic rings. The number of hydrogen-bond acceptors (Lipinski definition) is 1. The fraction of sp³-hybridized carbons (Fsp3) is 0.200. The number of halogens is 2. The molecule has 0 N–H and O–H groups in total. The smallest absolute Gasteiger partial charge is 0.134 e. The maximum Gasteiger partial charge on any atom is 0.134 e. The molecule has 0 atom stereocenters. The molecular formula is C10H8BrFO. The molecule has 0 bridgehead atoms. The Morgan fingerprint density at radius 3 is 2.92 bits per heavy atom. The largest absolute Gasteiger partial charge is 0.495 e. The molecule has 0 heterocycles. The number of rotatable bonds is 1. The third-order valence-electron chi connectivity index (χ3n) is 1.45. The molecule has 0 aromatic heterocycles. The summed E-state index contributed by atoms with van der Waals surface area (Å²) in [5.74, 6) is 5.87. The van der Waals surface area contributed by atoms with Crippen LogP contribution in [-0.2, 0) is 0 Å². The minimum Gasteiger partial charge on any atom is -0.495 e. The topological polar surface area (TPSA) is 9.23 Å². The van der Waals surface area contributed by atoms with Gasteiger partial charge in [0.1, 0.15) is 11.6 Å². The Hall–Kier alpha value is -1.01. The third kappa shape index (κ3) is 2.74. The first kappa shape index (κ1) is 10.1. The summed E-state index contributed by atoms with van der Waals surface area (Å²) in [6.45, 7) is 0. The zero-order valence-corrected chi connectivity index (χ0v) is 8.69. The van der Waals surface area contributed by atoms with Gasteiger partial charge in [0.15, 0.2) is 0 Å². The zero-order valence-electron chi connectivity index (χ0n) is 7.10. The molecule has 1 rings (SSSR count). The van der Waals surface area contributed by atoms with Crippen molar-refractivity contribution in [2.45, 2.75) is 0 Å². The summed E-state index contributed by atoms with van der Waals surface area (Å²) in [4.78, 5) is 0. The number of ether oxygens (including phenoxy) is 1. The average Bonchev–Trinajstić information content (AvgIpc) is 2.15.